The molecule has 2 aromatic rings. The van der Waals surface area contributed by atoms with Crippen molar-refractivity contribution in [3.05, 3.63) is 63.7 Å². The molecule has 0 fully saturated rings. The maximum Gasteiger partial charge on any atom is 0.442 e. The Morgan fingerprint density at radius 3 is 2.71 bits per heavy atom. The molecular weight excluding hydrogens is 353 g/mol. The predicted molar refractivity (Wildman–Crippen MR) is 88.5 cm³/mol. The van der Waals surface area contributed by atoms with E-state index in [9.17, 15) is 24.4 Å². The maximum atomic E-state index is 12.4. The second-order valence-corrected chi connectivity index (χ2v) is 8.82. The van der Waals surface area contributed by atoms with Crippen LogP contribution in [-0.2, 0) is 11.0 Å². The first-order chi connectivity index (χ1) is 11.4. The lowest BCUT2D eigenvalue weighted by Crippen LogP contribution is -1.98. The Balaban J connectivity index is 1.84. The van der Waals surface area contributed by atoms with Gasteiger partial charge in [0.25, 0.3) is 5.69 Å². The number of nitrogens with zero attached hydrogens (tertiary/aromatic N) is 1. The van der Waals surface area contributed by atoms with Gasteiger partial charge in [0.15, 0.2) is 5.78 Å². The van der Waals surface area contributed by atoms with Crippen molar-refractivity contribution in [2.24, 2.45) is 0 Å². The molecule has 7 nitrogen and oxygen atoms in total. The number of carbonyl (C=O) groups excluding carboxylic acids is 1. The lowest BCUT2D eigenvalue weighted by molar-refractivity contribution is -0.385. The number of aryl methyl sites for hydroxylation is 1. The summed E-state index contributed by atoms with van der Waals surface area (Å²) in [5, 5.41) is 10.8. The van der Waals surface area contributed by atoms with Gasteiger partial charge in [0, 0.05) is 34.8 Å². The molecule has 24 heavy (non-hydrogen) atoms. The van der Waals surface area contributed by atoms with Gasteiger partial charge in [0.05, 0.1) is 10.5 Å². The Bertz CT molecular complexity index is 884. The van der Waals surface area contributed by atoms with Crippen molar-refractivity contribution in [2.75, 3.05) is 0 Å². The molecule has 0 saturated heterocycles. The molecule has 0 heterocycles. The van der Waals surface area contributed by atoms with E-state index in [4.69, 9.17) is 4.52 Å². The number of nitro groups is 1. The van der Waals surface area contributed by atoms with Crippen molar-refractivity contribution < 1.29 is 23.7 Å². The summed E-state index contributed by atoms with van der Waals surface area (Å²) >= 11 is 0.492. The fraction of sp³-hybridized carbons (Fsp3) is 0.133. The largest absolute Gasteiger partial charge is 0.442 e. The summed E-state index contributed by atoms with van der Waals surface area (Å²) in [6.07, 6.45) is 0.933. The average molecular weight is 365 g/mol. The highest BCUT2D eigenvalue weighted by atomic mass is 32.7. The van der Waals surface area contributed by atoms with E-state index in [1.165, 1.54) is 30.3 Å². The maximum absolute atomic E-state index is 12.4. The zero-order valence-electron chi connectivity index (χ0n) is 12.2. The Hall–Kier alpha value is -2.15. The lowest BCUT2D eigenvalue weighted by Gasteiger charge is -2.14. The summed E-state index contributed by atoms with van der Waals surface area (Å²) in [5.41, 5.74) is 0.944. The van der Waals surface area contributed by atoms with Crippen LogP contribution in [0.3, 0.4) is 0 Å². The summed E-state index contributed by atoms with van der Waals surface area (Å²) < 4.78 is 17.6. The van der Waals surface area contributed by atoms with Crippen LogP contribution in [0.2, 0.25) is 0 Å². The minimum Gasteiger partial charge on any atom is -0.416 e. The second-order valence-electron chi connectivity index (χ2n) is 5.12. The van der Waals surface area contributed by atoms with Crippen molar-refractivity contribution >= 4 is 29.6 Å². The number of rotatable bonds is 5. The first kappa shape index (κ1) is 16.7. The highest BCUT2D eigenvalue weighted by Gasteiger charge is 2.30. The molecule has 0 spiro atoms. The van der Waals surface area contributed by atoms with Gasteiger partial charge in [-0.2, -0.15) is 0 Å². The molecule has 1 unspecified atom stereocenters. The lowest BCUT2D eigenvalue weighted by atomic mass is 10.1. The molecule has 0 aliphatic heterocycles. The van der Waals surface area contributed by atoms with Crippen LogP contribution in [-0.4, -0.2) is 15.6 Å². The van der Waals surface area contributed by atoms with E-state index in [0.29, 0.717) is 29.8 Å². The van der Waals surface area contributed by atoms with Crippen LogP contribution in [0.1, 0.15) is 22.3 Å². The smallest absolute Gasteiger partial charge is 0.416 e. The third kappa shape index (κ3) is 3.51. The molecule has 3 rings (SSSR count). The van der Waals surface area contributed by atoms with Crippen LogP contribution in [0.5, 0.6) is 5.75 Å². The third-order valence-corrected chi connectivity index (χ3v) is 6.15. The molecule has 1 N–H and O–H groups in total. The van der Waals surface area contributed by atoms with Crippen LogP contribution in [0.25, 0.3) is 0 Å². The van der Waals surface area contributed by atoms with Crippen LogP contribution < -0.4 is 4.52 Å². The number of non-ortho nitro benzene ring substituents is 1. The minimum atomic E-state index is -4.20. The minimum absolute atomic E-state index is 0.0683. The highest BCUT2D eigenvalue weighted by Crippen LogP contribution is 2.59. The normalized spacial score (nSPS) is 15.6. The van der Waals surface area contributed by atoms with Crippen LogP contribution in [0, 0.1) is 10.1 Å². The number of carbonyl (C=O) groups is 1. The molecule has 124 valence electrons. The van der Waals surface area contributed by atoms with Crippen molar-refractivity contribution in [3.63, 3.8) is 0 Å². The number of fused-ring (bicyclic) bond motifs is 1. The van der Waals surface area contributed by atoms with Crippen LogP contribution >= 0.6 is 18.2 Å². The molecule has 0 bridgehead atoms. The van der Waals surface area contributed by atoms with Crippen molar-refractivity contribution in [2.45, 2.75) is 17.7 Å². The van der Waals surface area contributed by atoms with E-state index in [0.717, 1.165) is 5.56 Å². The van der Waals surface area contributed by atoms with Gasteiger partial charge in [-0.3, -0.25) is 14.9 Å². The van der Waals surface area contributed by atoms with Crippen LogP contribution in [0.15, 0.2) is 47.4 Å². The van der Waals surface area contributed by atoms with Gasteiger partial charge in [-0.05, 0) is 24.1 Å². The summed E-state index contributed by atoms with van der Waals surface area (Å²) in [5.74, 6) is -0.0558. The summed E-state index contributed by atoms with van der Waals surface area (Å²) in [4.78, 5) is 32.4. The standard InChI is InChI=1S/C15H12NO6PS/c17-13-8-7-10-3-1-6-14(15(10)13)22-23(20,21)24-12-5-2-4-11(9-12)16(18)19/h1-6,9H,7-8H2,(H,20,21). The van der Waals surface area contributed by atoms with Gasteiger partial charge < -0.3 is 9.42 Å². The summed E-state index contributed by atoms with van der Waals surface area (Å²) in [7, 11) is 0. The fourth-order valence-electron chi connectivity index (χ4n) is 2.48. The molecule has 9 heteroatoms. The first-order valence-electron chi connectivity index (χ1n) is 6.97. The van der Waals surface area contributed by atoms with E-state index in [-0.39, 0.29) is 22.1 Å². The van der Waals surface area contributed by atoms with Gasteiger partial charge in [-0.1, -0.05) is 18.2 Å². The van der Waals surface area contributed by atoms with E-state index in [1.54, 1.807) is 12.1 Å². The highest BCUT2D eigenvalue weighted by molar-refractivity contribution is 8.54. The SMILES string of the molecule is O=C1CCc2cccc(OP(=O)(O)Sc3cccc([N+](=O)[O-])c3)c21. The number of benzene rings is 2. The summed E-state index contributed by atoms with van der Waals surface area (Å²) in [6.45, 7) is -4.20. The van der Waals surface area contributed by atoms with Crippen molar-refractivity contribution in [1.82, 2.24) is 0 Å². The van der Waals surface area contributed by atoms with Gasteiger partial charge >= 0.3 is 6.80 Å². The van der Waals surface area contributed by atoms with E-state index >= 15 is 0 Å². The van der Waals surface area contributed by atoms with E-state index in [1.807, 2.05) is 0 Å². The Morgan fingerprint density at radius 2 is 1.96 bits per heavy atom. The van der Waals surface area contributed by atoms with E-state index < -0.39 is 11.7 Å². The van der Waals surface area contributed by atoms with Gasteiger partial charge in [-0.25, -0.2) is 4.57 Å². The molecular formula is C15H12NO6PS. The number of Topliss-reactive ketones (excluding diaryl/α,β-unsaturated/α-hetero) is 1. The first-order valence-corrected chi connectivity index (χ1v) is 9.97. The molecule has 2 aromatic carbocycles. The zero-order valence-corrected chi connectivity index (χ0v) is 14.0. The molecule has 1 aliphatic carbocycles. The number of hydrogen-bond donors (Lipinski definition) is 1. The molecule has 1 atom stereocenters. The topological polar surface area (TPSA) is 107 Å². The number of ketones is 1. The second kappa shape index (κ2) is 6.39. The quantitative estimate of drug-likeness (QED) is 0.485. The average Bonchev–Trinajstić information content (AvgIpc) is 2.89. The number of hydrogen-bond acceptors (Lipinski definition) is 6. The van der Waals surface area contributed by atoms with Crippen molar-refractivity contribution in [3.8, 4) is 5.75 Å². The van der Waals surface area contributed by atoms with E-state index in [2.05, 4.69) is 0 Å². The molecule has 0 aromatic heterocycles. The van der Waals surface area contributed by atoms with Gasteiger partial charge in [-0.15, -0.1) is 0 Å². The summed E-state index contributed by atoms with van der Waals surface area (Å²) in [6, 6.07) is 10.3. The monoisotopic (exact) mass is 365 g/mol. The zero-order chi connectivity index (χ0) is 17.3. The van der Waals surface area contributed by atoms with Crippen molar-refractivity contribution in [1.29, 1.82) is 0 Å². The third-order valence-electron chi connectivity index (χ3n) is 3.48. The molecule has 1 aliphatic rings. The predicted octanol–water partition coefficient (Wildman–Crippen LogP) is 4.00. The van der Waals surface area contributed by atoms with Crippen LogP contribution in [0.4, 0.5) is 5.69 Å². The Labute approximate surface area is 141 Å². The number of nitro benzene ring substituents is 1. The molecule has 0 amide bonds. The fourth-order valence-corrected chi connectivity index (χ4v) is 4.99. The Morgan fingerprint density at radius 1 is 1.21 bits per heavy atom. The Kier molecular flexibility index (Phi) is 4.45. The van der Waals surface area contributed by atoms with Gasteiger partial charge in [0.1, 0.15) is 5.75 Å². The van der Waals surface area contributed by atoms with Gasteiger partial charge in [0.2, 0.25) is 0 Å². The molecule has 0 saturated carbocycles. The molecule has 0 radical (unpaired) electrons.